The van der Waals surface area contributed by atoms with Gasteiger partial charge in [-0.1, -0.05) is 0 Å². The van der Waals surface area contributed by atoms with Crippen molar-refractivity contribution in [2.24, 2.45) is 0 Å². The van der Waals surface area contributed by atoms with Crippen LogP contribution in [-0.2, 0) is 14.2 Å². The van der Waals surface area contributed by atoms with Crippen molar-refractivity contribution < 1.29 is 24.1 Å². The number of carbonyl (C=O) groups excluding carboxylic acids is 1. The van der Waals surface area contributed by atoms with Gasteiger partial charge in [0.25, 0.3) is 0 Å². The van der Waals surface area contributed by atoms with Gasteiger partial charge in [-0.2, -0.15) is 0 Å². The van der Waals surface area contributed by atoms with E-state index < -0.39 is 17.8 Å². The van der Waals surface area contributed by atoms with Crippen LogP contribution in [0.5, 0.6) is 0 Å². The van der Waals surface area contributed by atoms with Crippen molar-refractivity contribution in [1.82, 2.24) is 10.6 Å². The number of methoxy groups -OCH3 is 2. The minimum Gasteiger partial charge on any atom is -0.444 e. The normalized spacial score (nSPS) is 14.3. The van der Waals surface area contributed by atoms with E-state index in [9.17, 15) is 9.90 Å². The van der Waals surface area contributed by atoms with E-state index in [-0.39, 0.29) is 6.04 Å². The van der Waals surface area contributed by atoms with E-state index in [2.05, 4.69) is 10.6 Å². The van der Waals surface area contributed by atoms with Crippen LogP contribution in [0.3, 0.4) is 0 Å². The van der Waals surface area contributed by atoms with Gasteiger partial charge in [0.2, 0.25) is 0 Å². The SMILES string of the molecule is COCC(O)CCNC(CCCNC(=O)OC(C)(C)C)COC. The molecule has 0 bridgehead atoms. The molecule has 0 aromatic heterocycles. The number of amides is 1. The lowest BCUT2D eigenvalue weighted by molar-refractivity contribution is 0.0524. The zero-order valence-corrected chi connectivity index (χ0v) is 15.2. The maximum atomic E-state index is 11.5. The van der Waals surface area contributed by atoms with Crippen LogP contribution in [0.25, 0.3) is 0 Å². The molecule has 1 amide bonds. The molecule has 0 aromatic carbocycles. The van der Waals surface area contributed by atoms with Crippen LogP contribution in [-0.4, -0.2) is 69.5 Å². The van der Waals surface area contributed by atoms with Gasteiger partial charge in [0, 0.05) is 26.8 Å². The topological polar surface area (TPSA) is 89.1 Å². The fraction of sp³-hybridized carbons (Fsp3) is 0.938. The van der Waals surface area contributed by atoms with Crippen LogP contribution in [0, 0.1) is 0 Å². The first-order chi connectivity index (χ1) is 10.8. The fourth-order valence-electron chi connectivity index (χ4n) is 2.03. The molecule has 7 heteroatoms. The van der Waals surface area contributed by atoms with E-state index in [1.165, 1.54) is 0 Å². The predicted molar refractivity (Wildman–Crippen MR) is 89.6 cm³/mol. The van der Waals surface area contributed by atoms with Gasteiger partial charge in [-0.3, -0.25) is 0 Å². The molecule has 0 fully saturated rings. The number of rotatable bonds is 12. The third-order valence-corrected chi connectivity index (χ3v) is 3.04. The molecular formula is C16H34N2O5. The van der Waals surface area contributed by atoms with Gasteiger partial charge >= 0.3 is 6.09 Å². The average molecular weight is 334 g/mol. The summed E-state index contributed by atoms with van der Waals surface area (Å²) >= 11 is 0. The first kappa shape index (κ1) is 22.1. The Hall–Kier alpha value is -0.890. The van der Waals surface area contributed by atoms with Crippen LogP contribution in [0.15, 0.2) is 0 Å². The Morgan fingerprint density at radius 2 is 1.74 bits per heavy atom. The number of hydrogen-bond acceptors (Lipinski definition) is 6. The first-order valence-electron chi connectivity index (χ1n) is 8.14. The summed E-state index contributed by atoms with van der Waals surface area (Å²) in [5, 5.41) is 15.7. The molecule has 2 unspecified atom stereocenters. The summed E-state index contributed by atoms with van der Waals surface area (Å²) in [4.78, 5) is 11.5. The third-order valence-electron chi connectivity index (χ3n) is 3.04. The van der Waals surface area contributed by atoms with Crippen molar-refractivity contribution in [2.45, 2.75) is 57.8 Å². The zero-order chi connectivity index (χ0) is 17.7. The minimum absolute atomic E-state index is 0.190. The van der Waals surface area contributed by atoms with Crippen molar-refractivity contribution >= 4 is 6.09 Å². The Morgan fingerprint density at radius 1 is 1.09 bits per heavy atom. The highest BCUT2D eigenvalue weighted by Gasteiger charge is 2.15. The van der Waals surface area contributed by atoms with Crippen molar-refractivity contribution in [2.75, 3.05) is 40.5 Å². The molecule has 0 radical (unpaired) electrons. The van der Waals surface area contributed by atoms with E-state index in [4.69, 9.17) is 14.2 Å². The van der Waals surface area contributed by atoms with E-state index in [1.54, 1.807) is 14.2 Å². The summed E-state index contributed by atoms with van der Waals surface area (Å²) in [5.41, 5.74) is -0.479. The number of ether oxygens (including phenoxy) is 3. The monoisotopic (exact) mass is 334 g/mol. The van der Waals surface area contributed by atoms with Crippen molar-refractivity contribution in [1.29, 1.82) is 0 Å². The van der Waals surface area contributed by atoms with Crippen LogP contribution < -0.4 is 10.6 Å². The molecule has 0 rings (SSSR count). The predicted octanol–water partition coefficient (Wildman–Crippen LogP) is 1.29. The number of alkyl carbamates (subject to hydrolysis) is 1. The molecule has 7 nitrogen and oxygen atoms in total. The molecule has 0 aromatic rings. The summed E-state index contributed by atoms with van der Waals surface area (Å²) in [7, 11) is 3.23. The van der Waals surface area contributed by atoms with E-state index >= 15 is 0 Å². The molecule has 138 valence electrons. The van der Waals surface area contributed by atoms with Gasteiger partial charge in [-0.05, 0) is 46.6 Å². The zero-order valence-electron chi connectivity index (χ0n) is 15.2. The molecule has 0 aliphatic heterocycles. The Kier molecular flexibility index (Phi) is 12.0. The van der Waals surface area contributed by atoms with E-state index in [0.717, 1.165) is 12.8 Å². The maximum Gasteiger partial charge on any atom is 0.407 e. The number of hydrogen-bond donors (Lipinski definition) is 3. The molecule has 0 aliphatic rings. The summed E-state index contributed by atoms with van der Waals surface area (Å²) in [6.45, 7) is 7.69. The highest BCUT2D eigenvalue weighted by atomic mass is 16.6. The number of aliphatic hydroxyl groups excluding tert-OH is 1. The smallest absolute Gasteiger partial charge is 0.407 e. The highest BCUT2D eigenvalue weighted by Crippen LogP contribution is 2.06. The summed E-state index contributed by atoms with van der Waals surface area (Å²) in [6, 6.07) is 0.190. The van der Waals surface area contributed by atoms with E-state index in [0.29, 0.717) is 32.7 Å². The lowest BCUT2D eigenvalue weighted by atomic mass is 10.1. The standard InChI is InChI=1S/C16H34N2O5/c1-16(2,3)23-15(20)18-9-6-7-13(11-21-4)17-10-8-14(19)12-22-5/h13-14,17,19H,6-12H2,1-5H3,(H,18,20). The number of carbonyl (C=O) groups is 1. The number of aliphatic hydroxyl groups is 1. The lowest BCUT2D eigenvalue weighted by Gasteiger charge is -2.21. The van der Waals surface area contributed by atoms with Crippen LogP contribution in [0.1, 0.15) is 40.0 Å². The van der Waals surface area contributed by atoms with Crippen molar-refractivity contribution in [3.63, 3.8) is 0 Å². The molecule has 0 heterocycles. The van der Waals surface area contributed by atoms with E-state index in [1.807, 2.05) is 20.8 Å². The minimum atomic E-state index is -0.479. The van der Waals surface area contributed by atoms with Crippen molar-refractivity contribution in [3.8, 4) is 0 Å². The molecule has 0 spiro atoms. The second kappa shape index (κ2) is 12.5. The Labute approximate surface area is 140 Å². The molecule has 0 saturated carbocycles. The van der Waals surface area contributed by atoms with Gasteiger partial charge in [0.15, 0.2) is 0 Å². The van der Waals surface area contributed by atoms with Gasteiger partial charge < -0.3 is 30.0 Å². The largest absolute Gasteiger partial charge is 0.444 e. The quantitative estimate of drug-likeness (QED) is 0.466. The summed E-state index contributed by atoms with van der Waals surface area (Å²) in [6.07, 6.45) is 1.47. The Morgan fingerprint density at radius 3 is 2.30 bits per heavy atom. The number of nitrogens with one attached hydrogen (secondary N) is 2. The third kappa shape index (κ3) is 14.4. The van der Waals surface area contributed by atoms with Gasteiger partial charge in [0.05, 0.1) is 19.3 Å². The first-order valence-corrected chi connectivity index (χ1v) is 8.14. The maximum absolute atomic E-state index is 11.5. The van der Waals surface area contributed by atoms with Gasteiger partial charge in [-0.15, -0.1) is 0 Å². The summed E-state index contributed by atoms with van der Waals surface area (Å²) in [5.74, 6) is 0. The summed E-state index contributed by atoms with van der Waals surface area (Å²) < 4.78 is 15.3. The van der Waals surface area contributed by atoms with Crippen LogP contribution in [0.4, 0.5) is 4.79 Å². The molecule has 0 aliphatic carbocycles. The second-order valence-electron chi connectivity index (χ2n) is 6.58. The Bertz CT molecular complexity index is 307. The Balaban J connectivity index is 3.85. The molecule has 2 atom stereocenters. The molecule has 23 heavy (non-hydrogen) atoms. The second-order valence-corrected chi connectivity index (χ2v) is 6.58. The molecular weight excluding hydrogens is 300 g/mol. The van der Waals surface area contributed by atoms with Gasteiger partial charge in [-0.25, -0.2) is 4.79 Å². The van der Waals surface area contributed by atoms with Gasteiger partial charge in [0.1, 0.15) is 5.60 Å². The van der Waals surface area contributed by atoms with Crippen molar-refractivity contribution in [3.05, 3.63) is 0 Å². The fourth-order valence-corrected chi connectivity index (χ4v) is 2.03. The highest BCUT2D eigenvalue weighted by molar-refractivity contribution is 5.67. The molecule has 0 saturated heterocycles. The lowest BCUT2D eigenvalue weighted by Crippen LogP contribution is -2.37. The average Bonchev–Trinajstić information content (AvgIpc) is 2.41. The van der Waals surface area contributed by atoms with Crippen LogP contribution >= 0.6 is 0 Å². The molecule has 3 N–H and O–H groups in total. The van der Waals surface area contributed by atoms with Crippen LogP contribution in [0.2, 0.25) is 0 Å².